The van der Waals surface area contributed by atoms with Gasteiger partial charge < -0.3 is 10.1 Å². The molecule has 0 spiro atoms. The van der Waals surface area contributed by atoms with Crippen molar-refractivity contribution in [3.8, 4) is 6.07 Å². The number of benzene rings is 1. The minimum absolute atomic E-state index is 0.207. The van der Waals surface area contributed by atoms with Gasteiger partial charge in [0, 0.05) is 17.6 Å². The highest BCUT2D eigenvalue weighted by Gasteiger charge is 2.39. The third kappa shape index (κ3) is 3.85. The van der Waals surface area contributed by atoms with Gasteiger partial charge in [0.2, 0.25) is 5.91 Å². The number of hydrogen-bond donors (Lipinski definition) is 1. The van der Waals surface area contributed by atoms with Crippen molar-refractivity contribution < 1.29 is 14.3 Å². The predicted molar refractivity (Wildman–Crippen MR) is 91.9 cm³/mol. The quantitative estimate of drug-likeness (QED) is 0.899. The van der Waals surface area contributed by atoms with E-state index in [9.17, 15) is 9.59 Å². The molecule has 128 valence electrons. The molecule has 2 rings (SSSR count). The summed E-state index contributed by atoms with van der Waals surface area (Å²) < 4.78 is 5.49. The van der Waals surface area contributed by atoms with Gasteiger partial charge in [-0.15, -0.1) is 0 Å². The molecule has 0 fully saturated rings. The van der Waals surface area contributed by atoms with E-state index in [1.807, 2.05) is 32.9 Å². The number of nitrogens with one attached hydrogen (secondary N) is 1. The Labute approximate surface area is 142 Å². The Balaban J connectivity index is 2.33. The molecule has 0 saturated heterocycles. The van der Waals surface area contributed by atoms with E-state index in [0.717, 1.165) is 11.3 Å². The molecule has 0 aliphatic carbocycles. The average Bonchev–Trinajstić information content (AvgIpc) is 2.69. The van der Waals surface area contributed by atoms with Gasteiger partial charge in [-0.1, -0.05) is 19.9 Å². The van der Waals surface area contributed by atoms with E-state index in [1.54, 1.807) is 17.0 Å². The van der Waals surface area contributed by atoms with Crippen LogP contribution in [0.4, 0.5) is 16.2 Å². The molecule has 6 nitrogen and oxygen atoms in total. The minimum Gasteiger partial charge on any atom is -0.443 e. The summed E-state index contributed by atoms with van der Waals surface area (Å²) in [5, 5.41) is 11.2. The molecule has 0 aromatic heterocycles. The molecule has 6 heteroatoms. The Bertz CT molecular complexity index is 711. The first-order valence-corrected chi connectivity index (χ1v) is 7.85. The summed E-state index contributed by atoms with van der Waals surface area (Å²) in [5.41, 5.74) is 1.51. The van der Waals surface area contributed by atoms with Crippen molar-refractivity contribution in [3.63, 3.8) is 0 Å². The summed E-state index contributed by atoms with van der Waals surface area (Å²) in [6.07, 6.45) is -0.618. The second-order valence-electron chi connectivity index (χ2n) is 7.57. The maximum atomic E-state index is 12.5. The number of nitrogens with zero attached hydrogens (tertiary/aromatic N) is 2. The maximum Gasteiger partial charge on any atom is 0.414 e. The normalized spacial score (nSPS) is 15.4. The van der Waals surface area contributed by atoms with Crippen LogP contribution < -0.4 is 10.2 Å². The van der Waals surface area contributed by atoms with E-state index >= 15 is 0 Å². The lowest BCUT2D eigenvalue weighted by atomic mass is 9.87. The zero-order valence-electron chi connectivity index (χ0n) is 14.8. The molecule has 0 unspecified atom stereocenters. The number of rotatable bonds is 2. The molecule has 0 saturated carbocycles. The van der Waals surface area contributed by atoms with E-state index in [-0.39, 0.29) is 17.7 Å². The van der Waals surface area contributed by atoms with E-state index in [2.05, 4.69) is 19.2 Å². The van der Waals surface area contributed by atoms with Crippen molar-refractivity contribution in [2.24, 2.45) is 0 Å². The second-order valence-corrected chi connectivity index (χ2v) is 7.57. The monoisotopic (exact) mass is 329 g/mol. The Hall–Kier alpha value is -2.55. The lowest BCUT2D eigenvalue weighted by Gasteiger charge is -2.26. The van der Waals surface area contributed by atoms with Crippen LogP contribution in [0.3, 0.4) is 0 Å². The van der Waals surface area contributed by atoms with Crippen molar-refractivity contribution in [1.29, 1.82) is 5.26 Å². The summed E-state index contributed by atoms with van der Waals surface area (Å²) >= 11 is 0. The first-order valence-electron chi connectivity index (χ1n) is 7.85. The molecule has 0 bridgehead atoms. The Morgan fingerprint density at radius 2 is 2.04 bits per heavy atom. The third-order valence-corrected chi connectivity index (χ3v) is 3.71. The largest absolute Gasteiger partial charge is 0.443 e. The van der Waals surface area contributed by atoms with Gasteiger partial charge in [0.15, 0.2) is 0 Å². The first-order chi connectivity index (χ1) is 11.0. The minimum atomic E-state index is -0.581. The van der Waals surface area contributed by atoms with Crippen LogP contribution in [0.2, 0.25) is 0 Å². The third-order valence-electron chi connectivity index (χ3n) is 3.71. The molecule has 1 aromatic carbocycles. The van der Waals surface area contributed by atoms with Crippen LogP contribution >= 0.6 is 0 Å². The van der Waals surface area contributed by atoms with Crippen molar-refractivity contribution in [3.05, 3.63) is 23.8 Å². The van der Waals surface area contributed by atoms with E-state index in [1.165, 1.54) is 0 Å². The van der Waals surface area contributed by atoms with Crippen LogP contribution in [0.15, 0.2) is 18.2 Å². The summed E-state index contributed by atoms with van der Waals surface area (Å²) in [6.45, 7) is 10.1. The molecule has 1 aliphatic heterocycles. The highest BCUT2D eigenvalue weighted by Crippen LogP contribution is 2.42. The number of hydrogen-bond acceptors (Lipinski definition) is 4. The number of amides is 2. The van der Waals surface area contributed by atoms with Crippen LogP contribution in [-0.4, -0.2) is 24.1 Å². The maximum absolute atomic E-state index is 12.5. The number of anilines is 2. The Morgan fingerprint density at radius 3 is 2.62 bits per heavy atom. The fourth-order valence-electron chi connectivity index (χ4n) is 2.73. The molecular weight excluding hydrogens is 306 g/mol. The Kier molecular flexibility index (Phi) is 4.57. The fraction of sp³-hybridized carbons (Fsp3) is 0.500. The van der Waals surface area contributed by atoms with Gasteiger partial charge >= 0.3 is 6.09 Å². The van der Waals surface area contributed by atoms with Crippen LogP contribution in [0.1, 0.15) is 46.6 Å². The highest BCUT2D eigenvalue weighted by atomic mass is 16.6. The number of ether oxygens (including phenoxy) is 1. The number of carbonyl (C=O) groups is 2. The number of carbonyl (C=O) groups excluding carboxylic acids is 2. The van der Waals surface area contributed by atoms with Crippen LogP contribution in [0, 0.1) is 11.3 Å². The molecule has 1 aliphatic rings. The van der Waals surface area contributed by atoms with Crippen molar-refractivity contribution in [1.82, 2.24) is 0 Å². The predicted octanol–water partition coefficient (Wildman–Crippen LogP) is 3.57. The number of fused-ring (bicyclic) bond motifs is 1. The van der Waals surface area contributed by atoms with Gasteiger partial charge in [-0.05, 0) is 38.5 Å². The molecule has 24 heavy (non-hydrogen) atoms. The molecule has 0 atom stereocenters. The molecular formula is C18H23N3O3. The first kappa shape index (κ1) is 17.8. The zero-order valence-corrected chi connectivity index (χ0v) is 14.8. The van der Waals surface area contributed by atoms with Gasteiger partial charge in [-0.2, -0.15) is 5.26 Å². The van der Waals surface area contributed by atoms with E-state index in [0.29, 0.717) is 12.2 Å². The topological polar surface area (TPSA) is 82.4 Å². The fourth-order valence-corrected chi connectivity index (χ4v) is 2.73. The van der Waals surface area contributed by atoms with Gasteiger partial charge in [0.05, 0.1) is 11.8 Å². The summed E-state index contributed by atoms with van der Waals surface area (Å²) in [6, 6.07) is 7.25. The second kappa shape index (κ2) is 6.16. The lowest BCUT2D eigenvalue weighted by molar-refractivity contribution is -0.115. The van der Waals surface area contributed by atoms with E-state index < -0.39 is 11.7 Å². The highest BCUT2D eigenvalue weighted by molar-refractivity contribution is 5.96. The average molecular weight is 329 g/mol. The van der Waals surface area contributed by atoms with Crippen molar-refractivity contribution in [2.45, 2.75) is 52.1 Å². The smallest absolute Gasteiger partial charge is 0.414 e. The standard InChI is InChI=1S/C18H23N3O3/c1-17(2,3)24-16(23)21-11-18(4,5)13-7-6-12(10-14(13)21)20-15(22)8-9-19/h6-7,10H,8,11H2,1-5H3,(H,20,22). The van der Waals surface area contributed by atoms with Crippen LogP contribution in [0.5, 0.6) is 0 Å². The van der Waals surface area contributed by atoms with E-state index in [4.69, 9.17) is 10.00 Å². The zero-order chi connectivity index (χ0) is 18.1. The molecule has 1 N–H and O–H groups in total. The number of nitriles is 1. The summed E-state index contributed by atoms with van der Waals surface area (Å²) in [4.78, 5) is 25.7. The summed E-state index contributed by atoms with van der Waals surface area (Å²) in [7, 11) is 0. The van der Waals surface area contributed by atoms with Gasteiger partial charge in [0.1, 0.15) is 12.0 Å². The van der Waals surface area contributed by atoms with Gasteiger partial charge in [-0.3, -0.25) is 9.69 Å². The molecule has 0 radical (unpaired) electrons. The van der Waals surface area contributed by atoms with Crippen LogP contribution in [-0.2, 0) is 14.9 Å². The van der Waals surface area contributed by atoms with Crippen LogP contribution in [0.25, 0.3) is 0 Å². The molecule has 1 heterocycles. The van der Waals surface area contributed by atoms with Crippen molar-refractivity contribution in [2.75, 3.05) is 16.8 Å². The van der Waals surface area contributed by atoms with Gasteiger partial charge in [-0.25, -0.2) is 4.79 Å². The Morgan fingerprint density at radius 1 is 1.38 bits per heavy atom. The molecule has 2 amide bonds. The molecule has 1 aromatic rings. The SMILES string of the molecule is CC(C)(C)OC(=O)N1CC(C)(C)c2ccc(NC(=O)CC#N)cc21. The summed E-state index contributed by atoms with van der Waals surface area (Å²) in [5.74, 6) is -0.376. The lowest BCUT2D eigenvalue weighted by Crippen LogP contribution is -2.38. The van der Waals surface area contributed by atoms with Crippen molar-refractivity contribution >= 4 is 23.4 Å². The van der Waals surface area contributed by atoms with Gasteiger partial charge in [0.25, 0.3) is 0 Å².